The van der Waals surface area contributed by atoms with Gasteiger partial charge in [-0.15, -0.1) is 11.3 Å². The van der Waals surface area contributed by atoms with Gasteiger partial charge in [0.15, 0.2) is 10.7 Å². The molecule has 14 heteroatoms. The Hall–Kier alpha value is -3.26. The molecule has 2 saturated heterocycles. The molecule has 0 radical (unpaired) electrons. The molecular weight excluding hydrogens is 618 g/mol. The quantitative estimate of drug-likeness (QED) is 0.163. The number of hydrogen-bond donors (Lipinski definition) is 2. The van der Waals surface area contributed by atoms with E-state index in [-0.39, 0.29) is 24.0 Å². The highest BCUT2D eigenvalue weighted by Gasteiger charge is 2.42. The minimum Gasteiger partial charge on any atom is -0.465 e. The maximum Gasteiger partial charge on any atom is 0.404 e. The molecular formula is C30H38ClN7O4SSi. The standard InChI is InChI=1S/C30H38ClN7O4SSi/c1-36(2)29(39)28-34-22-9-8-20(24(31)26(22)43-28)21-15-37(16-42-10-11-44(3,4)5)27-25(21)32-14-23(35-27)38-18-6-7-19(38)13-17(12-18)33-30(40)41/h8-9,14-15,17-19,33H,6-7,10-13,16H2,1-5H3,(H,40,41)/t17-,18+,19-. The van der Waals surface area contributed by atoms with Crippen molar-refractivity contribution in [1.82, 2.24) is 29.7 Å². The molecule has 4 aromatic rings. The van der Waals surface area contributed by atoms with Crippen molar-refractivity contribution in [3.63, 3.8) is 0 Å². The molecule has 6 rings (SSSR count). The Morgan fingerprint density at radius 3 is 2.55 bits per heavy atom. The highest BCUT2D eigenvalue weighted by molar-refractivity contribution is 7.21. The number of anilines is 1. The summed E-state index contributed by atoms with van der Waals surface area (Å²) < 4.78 is 8.92. The van der Waals surface area contributed by atoms with Crippen molar-refractivity contribution in [2.45, 2.75) is 76.2 Å². The number of halogens is 1. The molecule has 0 saturated carbocycles. The molecule has 0 unspecified atom stereocenters. The number of hydrogen-bond acceptors (Lipinski definition) is 8. The fourth-order valence-electron chi connectivity index (χ4n) is 6.29. The number of piperidine rings is 1. The summed E-state index contributed by atoms with van der Waals surface area (Å²) in [5, 5.41) is 12.9. The van der Waals surface area contributed by atoms with E-state index >= 15 is 0 Å². The van der Waals surface area contributed by atoms with Crippen LogP contribution in [0, 0.1) is 0 Å². The van der Waals surface area contributed by atoms with Crippen LogP contribution in [0.5, 0.6) is 0 Å². The summed E-state index contributed by atoms with van der Waals surface area (Å²) >= 11 is 8.30. The summed E-state index contributed by atoms with van der Waals surface area (Å²) in [6, 6.07) is 5.23. The first-order valence-electron chi connectivity index (χ1n) is 14.9. The van der Waals surface area contributed by atoms with Crippen LogP contribution in [0.2, 0.25) is 30.7 Å². The summed E-state index contributed by atoms with van der Waals surface area (Å²) in [5.74, 6) is 0.633. The molecule has 5 heterocycles. The van der Waals surface area contributed by atoms with Crippen molar-refractivity contribution in [3.05, 3.63) is 34.6 Å². The van der Waals surface area contributed by atoms with Gasteiger partial charge in [-0.05, 0) is 37.8 Å². The van der Waals surface area contributed by atoms with Crippen molar-refractivity contribution in [3.8, 4) is 11.1 Å². The second-order valence-corrected chi connectivity index (χ2v) is 20.2. The average Bonchev–Trinajstić information content (AvgIpc) is 3.62. The zero-order chi connectivity index (χ0) is 31.3. The van der Waals surface area contributed by atoms with Crippen molar-refractivity contribution in [1.29, 1.82) is 0 Å². The van der Waals surface area contributed by atoms with Gasteiger partial charge < -0.3 is 29.5 Å². The zero-order valence-electron chi connectivity index (χ0n) is 25.6. The number of aromatic nitrogens is 4. The third kappa shape index (κ3) is 6.02. The summed E-state index contributed by atoms with van der Waals surface area (Å²) in [7, 11) is 2.15. The fraction of sp³-hybridized carbons (Fsp3) is 0.500. The van der Waals surface area contributed by atoms with Crippen molar-refractivity contribution in [2.24, 2.45) is 0 Å². The summed E-state index contributed by atoms with van der Waals surface area (Å²) in [6.07, 6.45) is 6.34. The lowest BCUT2D eigenvalue weighted by Gasteiger charge is -2.39. The van der Waals surface area contributed by atoms with Gasteiger partial charge in [-0.1, -0.05) is 37.3 Å². The topological polar surface area (TPSA) is 126 Å². The van der Waals surface area contributed by atoms with Crippen LogP contribution in [-0.4, -0.2) is 88.4 Å². The lowest BCUT2D eigenvalue weighted by molar-refractivity contribution is 0.0827. The Morgan fingerprint density at radius 2 is 1.89 bits per heavy atom. The number of carbonyl (C=O) groups excluding carboxylic acids is 1. The SMILES string of the molecule is CN(C)C(=O)c1nc2ccc(-c3cn(COCC[Si](C)(C)C)c4nc(N5[C@@H]6CC[C@H]5C[C@@H](NC(=O)O)C6)cnc34)c(Cl)c2s1. The first-order valence-corrected chi connectivity index (χ1v) is 19.8. The number of thiazole rings is 1. The lowest BCUT2D eigenvalue weighted by Crippen LogP contribution is -2.50. The highest BCUT2D eigenvalue weighted by Crippen LogP contribution is 2.42. The molecule has 234 valence electrons. The van der Waals surface area contributed by atoms with E-state index in [2.05, 4.69) is 34.8 Å². The van der Waals surface area contributed by atoms with Gasteiger partial charge in [-0.3, -0.25) is 4.79 Å². The molecule has 3 atom stereocenters. The van der Waals surface area contributed by atoms with Crippen LogP contribution in [-0.2, 0) is 11.5 Å². The Bertz CT molecular complexity index is 1720. The Balaban J connectivity index is 1.38. The van der Waals surface area contributed by atoms with Gasteiger partial charge in [0.1, 0.15) is 18.1 Å². The van der Waals surface area contributed by atoms with Gasteiger partial charge >= 0.3 is 6.09 Å². The minimum absolute atomic E-state index is 0.0505. The van der Waals surface area contributed by atoms with E-state index in [0.717, 1.165) is 53.4 Å². The van der Waals surface area contributed by atoms with Gasteiger partial charge in [0.05, 0.1) is 21.4 Å². The third-order valence-corrected chi connectivity index (χ3v) is 11.8. The van der Waals surface area contributed by atoms with Crippen LogP contribution in [0.1, 0.15) is 35.5 Å². The molecule has 0 aliphatic carbocycles. The van der Waals surface area contributed by atoms with E-state index < -0.39 is 14.2 Å². The van der Waals surface area contributed by atoms with Crippen LogP contribution < -0.4 is 10.2 Å². The van der Waals surface area contributed by atoms with E-state index in [9.17, 15) is 14.7 Å². The number of amides is 2. The molecule has 2 fully saturated rings. The van der Waals surface area contributed by atoms with Crippen LogP contribution in [0.3, 0.4) is 0 Å². The van der Waals surface area contributed by atoms with E-state index in [1.54, 1.807) is 14.1 Å². The number of benzene rings is 1. The second-order valence-electron chi connectivity index (χ2n) is 13.2. The second kappa shape index (κ2) is 11.9. The number of carbonyl (C=O) groups is 2. The van der Waals surface area contributed by atoms with E-state index in [1.165, 1.54) is 16.2 Å². The van der Waals surface area contributed by atoms with E-state index in [0.29, 0.717) is 40.0 Å². The Kier molecular flexibility index (Phi) is 8.33. The van der Waals surface area contributed by atoms with Crippen LogP contribution in [0.4, 0.5) is 10.6 Å². The van der Waals surface area contributed by atoms with Crippen LogP contribution in [0.15, 0.2) is 24.5 Å². The molecule has 2 aliphatic rings. The molecule has 44 heavy (non-hydrogen) atoms. The van der Waals surface area contributed by atoms with Gasteiger partial charge in [0.25, 0.3) is 5.91 Å². The molecule has 11 nitrogen and oxygen atoms in total. The number of nitrogens with one attached hydrogen (secondary N) is 1. The van der Waals surface area contributed by atoms with Crippen LogP contribution >= 0.6 is 22.9 Å². The normalized spacial score (nSPS) is 20.0. The Morgan fingerprint density at radius 1 is 1.16 bits per heavy atom. The highest BCUT2D eigenvalue weighted by atomic mass is 35.5. The largest absolute Gasteiger partial charge is 0.465 e. The van der Waals surface area contributed by atoms with Crippen molar-refractivity contribution >= 4 is 70.2 Å². The Labute approximate surface area is 266 Å². The zero-order valence-corrected chi connectivity index (χ0v) is 28.2. The molecule has 2 amide bonds. The van der Waals surface area contributed by atoms with Gasteiger partial charge in [0, 0.05) is 64.2 Å². The third-order valence-electron chi connectivity index (χ3n) is 8.48. The van der Waals surface area contributed by atoms with Gasteiger partial charge in [-0.2, -0.15) is 0 Å². The number of ether oxygens (including phenoxy) is 1. The monoisotopic (exact) mass is 655 g/mol. The molecule has 2 aliphatic heterocycles. The molecule has 3 aromatic heterocycles. The maximum absolute atomic E-state index is 12.6. The van der Waals surface area contributed by atoms with E-state index in [4.69, 9.17) is 26.3 Å². The minimum atomic E-state index is -1.26. The van der Waals surface area contributed by atoms with Gasteiger partial charge in [-0.25, -0.2) is 19.7 Å². The lowest BCUT2D eigenvalue weighted by atomic mass is 9.97. The molecule has 2 N–H and O–H groups in total. The predicted octanol–water partition coefficient (Wildman–Crippen LogP) is 6.14. The van der Waals surface area contributed by atoms with E-state index in [1.807, 2.05) is 29.1 Å². The smallest absolute Gasteiger partial charge is 0.404 e. The van der Waals surface area contributed by atoms with Gasteiger partial charge in [0.2, 0.25) is 0 Å². The summed E-state index contributed by atoms with van der Waals surface area (Å²) in [5.41, 5.74) is 3.73. The number of rotatable bonds is 9. The van der Waals surface area contributed by atoms with Crippen molar-refractivity contribution in [2.75, 3.05) is 25.6 Å². The van der Waals surface area contributed by atoms with Crippen molar-refractivity contribution < 1.29 is 19.4 Å². The summed E-state index contributed by atoms with van der Waals surface area (Å²) in [4.78, 5) is 42.3. The van der Waals surface area contributed by atoms with Crippen LogP contribution in [0.25, 0.3) is 32.5 Å². The molecule has 2 bridgehead atoms. The summed E-state index contributed by atoms with van der Waals surface area (Å²) in [6.45, 7) is 7.99. The first-order chi connectivity index (χ1) is 20.9. The number of fused-ring (bicyclic) bond motifs is 4. The fourth-order valence-corrected chi connectivity index (χ4v) is 8.45. The number of carboxylic acid groups (broad SMARTS) is 1. The molecule has 1 aromatic carbocycles. The predicted molar refractivity (Wildman–Crippen MR) is 177 cm³/mol. The maximum atomic E-state index is 12.6. The first kappa shape index (κ1) is 30.7. The number of nitrogens with zero attached hydrogens (tertiary/aromatic N) is 6. The average molecular weight is 656 g/mol. The molecule has 0 spiro atoms.